The van der Waals surface area contributed by atoms with E-state index in [0.717, 1.165) is 7.11 Å². The zero-order valence-corrected chi connectivity index (χ0v) is 17.4. The summed E-state index contributed by atoms with van der Waals surface area (Å²) in [7, 11) is 2.79. The zero-order valence-electron chi connectivity index (χ0n) is 16.7. The molecule has 0 unspecified atom stereocenters. The topological polar surface area (TPSA) is 112 Å². The first-order valence-corrected chi connectivity index (χ1v) is 9.92. The number of para-hydroxylation sites is 1. The summed E-state index contributed by atoms with van der Waals surface area (Å²) in [5, 5.41) is 16.4. The predicted molar refractivity (Wildman–Crippen MR) is 111 cm³/mol. The van der Waals surface area contributed by atoms with E-state index in [-0.39, 0.29) is 6.54 Å². The molecule has 3 atom stereocenters. The van der Waals surface area contributed by atoms with Gasteiger partial charge in [0.15, 0.2) is 5.41 Å². The third kappa shape index (κ3) is 1.88. The molecule has 1 fully saturated rings. The lowest BCUT2D eigenvalue weighted by Gasteiger charge is -2.44. The van der Waals surface area contributed by atoms with Gasteiger partial charge in [0.2, 0.25) is 5.91 Å². The number of hydrogen-bond acceptors (Lipinski definition) is 6. The third-order valence-corrected chi connectivity index (χ3v) is 7.06. The molecule has 2 aromatic rings. The normalized spacial score (nSPS) is 30.6. The van der Waals surface area contributed by atoms with E-state index in [2.05, 4.69) is 16.7 Å². The molecule has 3 heterocycles. The molecular weight excluding hydrogens is 420 g/mol. The van der Waals surface area contributed by atoms with E-state index < -0.39 is 34.2 Å². The highest BCUT2D eigenvalue weighted by atomic mass is 35.5. The molecule has 2 aromatic carbocycles. The van der Waals surface area contributed by atoms with E-state index >= 15 is 0 Å². The lowest BCUT2D eigenvalue weighted by molar-refractivity contribution is -0.156. The van der Waals surface area contributed by atoms with Gasteiger partial charge >= 0.3 is 5.97 Å². The Bertz CT molecular complexity index is 1240. The van der Waals surface area contributed by atoms with Crippen LogP contribution in [0, 0.1) is 16.7 Å². The molecule has 5 rings (SSSR count). The number of hydrogen-bond donors (Lipinski definition) is 2. The van der Waals surface area contributed by atoms with Crippen LogP contribution in [-0.4, -0.2) is 43.4 Å². The first-order chi connectivity index (χ1) is 14.8. The monoisotopic (exact) mass is 436 g/mol. The van der Waals surface area contributed by atoms with Crippen molar-refractivity contribution in [1.29, 1.82) is 5.26 Å². The number of amides is 2. The SMILES string of the molecule is COC(=O)[C@@]1(C#N)CN(C)[C@]2(C(=O)Nc3ccccc32)[C@]12C(=O)Nc1ccc(Cl)cc12. The molecule has 3 aliphatic rings. The lowest BCUT2D eigenvalue weighted by Crippen LogP contribution is -2.65. The van der Waals surface area contributed by atoms with Crippen molar-refractivity contribution in [3.63, 3.8) is 0 Å². The van der Waals surface area contributed by atoms with Gasteiger partial charge in [0.05, 0.1) is 13.2 Å². The van der Waals surface area contributed by atoms with E-state index in [0.29, 0.717) is 27.5 Å². The zero-order chi connectivity index (χ0) is 22.2. The second-order valence-electron chi connectivity index (χ2n) is 7.97. The summed E-state index contributed by atoms with van der Waals surface area (Å²) in [4.78, 5) is 42.5. The van der Waals surface area contributed by atoms with Crippen molar-refractivity contribution in [2.45, 2.75) is 11.0 Å². The van der Waals surface area contributed by atoms with Gasteiger partial charge in [0.25, 0.3) is 5.91 Å². The maximum Gasteiger partial charge on any atom is 0.329 e. The number of anilines is 2. The van der Waals surface area contributed by atoms with Gasteiger partial charge in [-0.3, -0.25) is 19.3 Å². The summed E-state index contributed by atoms with van der Waals surface area (Å²) in [6.45, 7) is -0.197. The molecule has 0 radical (unpaired) electrons. The molecule has 156 valence electrons. The third-order valence-electron chi connectivity index (χ3n) is 6.82. The van der Waals surface area contributed by atoms with Crippen LogP contribution in [0.5, 0.6) is 0 Å². The molecule has 0 saturated carbocycles. The molecule has 2 N–H and O–H groups in total. The molecule has 8 nitrogen and oxygen atoms in total. The van der Waals surface area contributed by atoms with E-state index in [1.54, 1.807) is 54.4 Å². The van der Waals surface area contributed by atoms with E-state index in [9.17, 15) is 19.6 Å². The summed E-state index contributed by atoms with van der Waals surface area (Å²) in [5.41, 5.74) is -3.89. The first kappa shape index (κ1) is 19.5. The Morgan fingerprint density at radius 3 is 2.52 bits per heavy atom. The highest BCUT2D eigenvalue weighted by Gasteiger charge is 2.84. The molecule has 2 amide bonds. The Balaban J connectivity index is 2.01. The van der Waals surface area contributed by atoms with Crippen molar-refractivity contribution in [2.75, 3.05) is 31.3 Å². The van der Waals surface area contributed by atoms with Crippen LogP contribution in [0.1, 0.15) is 11.1 Å². The number of carbonyl (C=O) groups is 3. The van der Waals surface area contributed by atoms with Crippen LogP contribution >= 0.6 is 11.6 Å². The van der Waals surface area contributed by atoms with Crippen molar-refractivity contribution in [1.82, 2.24) is 4.90 Å². The van der Waals surface area contributed by atoms with Gasteiger partial charge in [-0.15, -0.1) is 0 Å². The second kappa shape index (κ2) is 6.06. The van der Waals surface area contributed by atoms with Crippen molar-refractivity contribution >= 4 is 40.8 Å². The fraction of sp³-hybridized carbons (Fsp3) is 0.273. The number of fused-ring (bicyclic) bond motifs is 5. The van der Waals surface area contributed by atoms with Crippen LogP contribution < -0.4 is 10.6 Å². The van der Waals surface area contributed by atoms with Crippen LogP contribution in [0.25, 0.3) is 0 Å². The number of esters is 1. The highest BCUT2D eigenvalue weighted by molar-refractivity contribution is 6.31. The van der Waals surface area contributed by atoms with Gasteiger partial charge in [-0.05, 0) is 36.9 Å². The highest BCUT2D eigenvalue weighted by Crippen LogP contribution is 2.68. The molecular formula is C22H17ClN4O4. The number of halogens is 1. The molecule has 1 saturated heterocycles. The summed E-state index contributed by atoms with van der Waals surface area (Å²) >= 11 is 6.30. The number of rotatable bonds is 1. The van der Waals surface area contributed by atoms with Crippen LogP contribution in [0.15, 0.2) is 42.5 Å². The van der Waals surface area contributed by atoms with Gasteiger partial charge in [-0.2, -0.15) is 5.26 Å². The van der Waals surface area contributed by atoms with E-state index in [4.69, 9.17) is 16.3 Å². The number of nitrogens with zero attached hydrogens (tertiary/aromatic N) is 2. The fourth-order valence-electron chi connectivity index (χ4n) is 5.80. The number of likely N-dealkylation sites (N-methyl/N-ethyl adjacent to an activating group) is 1. The van der Waals surface area contributed by atoms with Crippen LogP contribution in [0.4, 0.5) is 11.4 Å². The Morgan fingerprint density at radius 1 is 1.13 bits per heavy atom. The van der Waals surface area contributed by atoms with E-state index in [1.807, 2.05) is 0 Å². The second-order valence-corrected chi connectivity index (χ2v) is 8.41. The average Bonchev–Trinajstić information content (AvgIpc) is 3.31. The van der Waals surface area contributed by atoms with Gasteiger partial charge in [0.1, 0.15) is 11.0 Å². The molecule has 9 heteroatoms. The molecule has 0 aliphatic carbocycles. The summed E-state index contributed by atoms with van der Waals surface area (Å²) in [6, 6.07) is 13.8. The molecule has 31 heavy (non-hydrogen) atoms. The summed E-state index contributed by atoms with van der Waals surface area (Å²) in [6.07, 6.45) is 0. The Morgan fingerprint density at radius 2 is 1.81 bits per heavy atom. The Hall–Kier alpha value is -3.41. The summed E-state index contributed by atoms with van der Waals surface area (Å²) in [5.74, 6) is -2.02. The maximum absolute atomic E-state index is 13.9. The van der Waals surface area contributed by atoms with Crippen LogP contribution in [0.2, 0.25) is 5.02 Å². The summed E-state index contributed by atoms with van der Waals surface area (Å²) < 4.78 is 5.05. The van der Waals surface area contributed by atoms with E-state index in [1.165, 1.54) is 0 Å². The van der Waals surface area contributed by atoms with Gasteiger partial charge in [0, 0.05) is 28.5 Å². The van der Waals surface area contributed by atoms with Crippen LogP contribution in [-0.2, 0) is 30.1 Å². The van der Waals surface area contributed by atoms with Crippen molar-refractivity contribution in [2.24, 2.45) is 5.41 Å². The number of methoxy groups -OCH3 is 1. The number of ether oxygens (including phenoxy) is 1. The Kier molecular flexibility index (Phi) is 3.82. The lowest BCUT2D eigenvalue weighted by atomic mass is 9.53. The van der Waals surface area contributed by atoms with Crippen LogP contribution in [0.3, 0.4) is 0 Å². The molecule has 0 aromatic heterocycles. The minimum absolute atomic E-state index is 0.197. The smallest absolute Gasteiger partial charge is 0.329 e. The number of nitrogens with one attached hydrogen (secondary N) is 2. The molecule has 3 aliphatic heterocycles. The predicted octanol–water partition coefficient (Wildman–Crippen LogP) is 2.01. The number of likely N-dealkylation sites (tertiary alicyclic amines) is 1. The standard InChI is InChI=1S/C22H17ClN4O4/c1-27-11-20(10-24,19(30)31-2)21(14-9-12(23)7-8-16(14)25-17(21)28)22(27)13-5-3-4-6-15(13)26-18(22)29/h3-9H,11H2,1-2H3,(H,25,28)(H,26,29)/t20-,21-,22-/m1/s1. The minimum Gasteiger partial charge on any atom is -0.468 e. The van der Waals surface area contributed by atoms with Crippen molar-refractivity contribution in [3.8, 4) is 6.07 Å². The van der Waals surface area contributed by atoms with Crippen molar-refractivity contribution in [3.05, 3.63) is 58.6 Å². The Labute approximate surface area is 182 Å². The van der Waals surface area contributed by atoms with Gasteiger partial charge in [-0.1, -0.05) is 29.8 Å². The number of carbonyl (C=O) groups excluding carboxylic acids is 3. The number of benzene rings is 2. The van der Waals surface area contributed by atoms with Gasteiger partial charge in [-0.25, -0.2) is 0 Å². The number of nitriles is 1. The average molecular weight is 437 g/mol. The largest absolute Gasteiger partial charge is 0.468 e. The molecule has 2 spiro atoms. The fourth-order valence-corrected chi connectivity index (χ4v) is 5.97. The molecule has 0 bridgehead atoms. The minimum atomic E-state index is -2.01. The van der Waals surface area contributed by atoms with Crippen molar-refractivity contribution < 1.29 is 19.1 Å². The quantitative estimate of drug-likeness (QED) is 0.661. The first-order valence-electron chi connectivity index (χ1n) is 9.54. The van der Waals surface area contributed by atoms with Gasteiger partial charge < -0.3 is 15.4 Å². The maximum atomic E-state index is 13.9.